The van der Waals surface area contributed by atoms with E-state index in [1.807, 2.05) is 36.7 Å². The Morgan fingerprint density at radius 3 is 1.72 bits per heavy atom. The first-order chi connectivity index (χ1) is 22.6. The summed E-state index contributed by atoms with van der Waals surface area (Å²) in [5.74, 6) is 0.503. The Bertz CT molecular complexity index is 1710. The zero-order chi connectivity index (χ0) is 31.3. The quantitative estimate of drug-likeness (QED) is 0.193. The van der Waals surface area contributed by atoms with Crippen LogP contribution in [0.25, 0.3) is 21.8 Å². The molecule has 7 heteroatoms. The van der Waals surface area contributed by atoms with Crippen LogP contribution in [0.15, 0.2) is 109 Å². The van der Waals surface area contributed by atoms with Crippen LogP contribution in [0.3, 0.4) is 0 Å². The van der Waals surface area contributed by atoms with Gasteiger partial charge in [-0.15, -0.1) is 0 Å². The van der Waals surface area contributed by atoms with Crippen molar-refractivity contribution in [3.63, 3.8) is 0 Å². The Hall–Kier alpha value is -4.10. The second kappa shape index (κ2) is 14.1. The maximum Gasteiger partial charge on any atom is 0.123 e. The Kier molecular flexibility index (Phi) is 9.38. The molecular weight excluding hydrogens is 593 g/mol. The summed E-state index contributed by atoms with van der Waals surface area (Å²) < 4.78 is 13.0. The number of H-pyrrole nitrogens is 2. The average molecular weight is 634 g/mol. The SMILES string of the molecule is Clc1ccc(C2CCN(Cc3ccc4[nH]ccc4c3)CC2)cc1.Fc1ccc(N2CCN(Cc3ccc4[nH]ccc4c3)CC2)cc1. The highest BCUT2D eigenvalue weighted by atomic mass is 35.5. The summed E-state index contributed by atoms with van der Waals surface area (Å²) in [6, 6.07) is 32.8. The van der Waals surface area contributed by atoms with E-state index in [9.17, 15) is 4.39 Å². The number of nitrogens with zero attached hydrogens (tertiary/aromatic N) is 3. The van der Waals surface area contributed by atoms with Gasteiger partial charge >= 0.3 is 0 Å². The van der Waals surface area contributed by atoms with E-state index in [0.29, 0.717) is 5.92 Å². The number of fused-ring (bicyclic) bond motifs is 2. The summed E-state index contributed by atoms with van der Waals surface area (Å²) in [6.45, 7) is 8.39. The number of aromatic nitrogens is 2. The Morgan fingerprint density at radius 1 is 0.609 bits per heavy atom. The highest BCUT2D eigenvalue weighted by molar-refractivity contribution is 6.30. The largest absolute Gasteiger partial charge is 0.369 e. The number of piperidine rings is 1. The van der Waals surface area contributed by atoms with Crippen LogP contribution in [0.4, 0.5) is 10.1 Å². The van der Waals surface area contributed by atoms with Gasteiger partial charge in [0.15, 0.2) is 0 Å². The predicted molar refractivity (Wildman–Crippen MR) is 189 cm³/mol. The summed E-state index contributed by atoms with van der Waals surface area (Å²) in [5, 5.41) is 3.40. The van der Waals surface area contributed by atoms with Gasteiger partial charge in [0, 0.05) is 73.4 Å². The summed E-state index contributed by atoms with van der Waals surface area (Å²) in [5.41, 5.74) is 7.71. The Morgan fingerprint density at radius 2 is 1.15 bits per heavy atom. The van der Waals surface area contributed by atoms with Gasteiger partial charge in [0.25, 0.3) is 0 Å². The molecular formula is C39H41ClFN5. The molecule has 4 heterocycles. The molecule has 6 aromatic rings. The first kappa shape index (κ1) is 30.5. The number of anilines is 1. The number of hydrogen-bond donors (Lipinski definition) is 2. The van der Waals surface area contributed by atoms with Crippen LogP contribution in [0, 0.1) is 5.82 Å². The lowest BCUT2D eigenvalue weighted by atomic mass is 9.89. The third kappa shape index (κ3) is 7.47. The fourth-order valence-corrected chi connectivity index (χ4v) is 7.02. The van der Waals surface area contributed by atoms with Crippen LogP contribution in [0.5, 0.6) is 0 Å². The molecule has 0 radical (unpaired) electrons. The van der Waals surface area contributed by atoms with Crippen LogP contribution in [-0.2, 0) is 13.1 Å². The number of hydrogen-bond acceptors (Lipinski definition) is 3. The van der Waals surface area contributed by atoms with E-state index < -0.39 is 0 Å². The van der Waals surface area contributed by atoms with E-state index in [-0.39, 0.29) is 5.82 Å². The molecule has 2 aliphatic heterocycles. The van der Waals surface area contributed by atoms with Crippen molar-refractivity contribution in [2.24, 2.45) is 0 Å². The minimum absolute atomic E-state index is 0.174. The van der Waals surface area contributed by atoms with Crippen molar-refractivity contribution in [2.45, 2.75) is 31.8 Å². The van der Waals surface area contributed by atoms with Crippen molar-refractivity contribution in [2.75, 3.05) is 44.2 Å². The number of halogens is 2. The van der Waals surface area contributed by atoms with Crippen LogP contribution in [-0.4, -0.2) is 59.0 Å². The second-order valence-electron chi connectivity index (χ2n) is 12.6. The summed E-state index contributed by atoms with van der Waals surface area (Å²) in [6.07, 6.45) is 6.45. The van der Waals surface area contributed by atoms with E-state index in [1.165, 1.54) is 76.6 Å². The van der Waals surface area contributed by atoms with Crippen molar-refractivity contribution in [1.29, 1.82) is 0 Å². The van der Waals surface area contributed by atoms with E-state index >= 15 is 0 Å². The number of rotatable bonds is 6. The molecule has 8 rings (SSSR count). The lowest BCUT2D eigenvalue weighted by molar-refractivity contribution is 0.205. The number of likely N-dealkylation sites (tertiary alicyclic amines) is 1. The fraction of sp³-hybridized carbons (Fsp3) is 0.282. The monoisotopic (exact) mass is 633 g/mol. The first-order valence-corrected chi connectivity index (χ1v) is 16.8. The van der Waals surface area contributed by atoms with Gasteiger partial charge in [-0.2, -0.15) is 0 Å². The summed E-state index contributed by atoms with van der Waals surface area (Å²) >= 11 is 5.99. The zero-order valence-corrected chi connectivity index (χ0v) is 26.9. The second-order valence-corrected chi connectivity index (χ2v) is 13.1. The number of piperazine rings is 1. The molecule has 0 aliphatic carbocycles. The molecule has 0 atom stereocenters. The first-order valence-electron chi connectivity index (χ1n) is 16.4. The van der Waals surface area contributed by atoms with Crippen LogP contribution < -0.4 is 4.90 Å². The van der Waals surface area contributed by atoms with Gasteiger partial charge in [-0.3, -0.25) is 9.80 Å². The van der Waals surface area contributed by atoms with Gasteiger partial charge in [-0.25, -0.2) is 4.39 Å². The molecule has 2 N–H and O–H groups in total. The van der Waals surface area contributed by atoms with Crippen LogP contribution in [0.1, 0.15) is 35.4 Å². The smallest absolute Gasteiger partial charge is 0.123 e. The molecule has 2 aromatic heterocycles. The van der Waals surface area contributed by atoms with Crippen LogP contribution in [0.2, 0.25) is 5.02 Å². The van der Waals surface area contributed by atoms with Gasteiger partial charge in [-0.05, 0) is 132 Å². The number of nitrogens with one attached hydrogen (secondary N) is 2. The highest BCUT2D eigenvalue weighted by Gasteiger charge is 2.21. The molecule has 0 spiro atoms. The Balaban J connectivity index is 0.000000147. The molecule has 0 bridgehead atoms. The minimum Gasteiger partial charge on any atom is -0.369 e. The van der Waals surface area contributed by atoms with Gasteiger partial charge in [-0.1, -0.05) is 35.9 Å². The van der Waals surface area contributed by atoms with E-state index in [4.69, 9.17) is 11.6 Å². The molecule has 46 heavy (non-hydrogen) atoms. The molecule has 0 unspecified atom stereocenters. The number of aromatic amines is 2. The van der Waals surface area contributed by atoms with Gasteiger partial charge in [0.2, 0.25) is 0 Å². The lowest BCUT2D eigenvalue weighted by Crippen LogP contribution is -2.45. The third-order valence-electron chi connectivity index (χ3n) is 9.54. The summed E-state index contributed by atoms with van der Waals surface area (Å²) in [7, 11) is 0. The lowest BCUT2D eigenvalue weighted by Gasteiger charge is -2.36. The van der Waals surface area contributed by atoms with Gasteiger partial charge < -0.3 is 14.9 Å². The van der Waals surface area contributed by atoms with Crippen LogP contribution >= 0.6 is 11.6 Å². The molecule has 0 amide bonds. The topological polar surface area (TPSA) is 41.3 Å². The normalized spacial score (nSPS) is 16.5. The van der Waals surface area contributed by atoms with Gasteiger partial charge in [0.05, 0.1) is 0 Å². The number of benzene rings is 4. The minimum atomic E-state index is -0.174. The van der Waals surface area contributed by atoms with Crippen molar-refractivity contribution in [3.8, 4) is 0 Å². The zero-order valence-electron chi connectivity index (χ0n) is 26.1. The van der Waals surface area contributed by atoms with E-state index in [0.717, 1.165) is 50.0 Å². The maximum atomic E-state index is 13.0. The predicted octanol–water partition coefficient (Wildman–Crippen LogP) is 8.83. The van der Waals surface area contributed by atoms with E-state index in [1.54, 1.807) is 0 Å². The molecule has 0 saturated carbocycles. The standard InChI is InChI=1S/C20H21ClN2.C19H20FN3/c21-19-4-2-16(3-5-19)17-8-11-23(12-9-17)14-15-1-6-20-18(13-15)7-10-22-20;20-17-2-4-18(5-3-17)23-11-9-22(10-12-23)14-15-1-6-19-16(13-15)7-8-21-19/h1-7,10,13,17,22H,8-9,11-12,14H2;1-8,13,21H,9-12,14H2. The van der Waals surface area contributed by atoms with Crippen molar-refractivity contribution >= 4 is 39.1 Å². The Labute approximate surface area is 275 Å². The van der Waals surface area contributed by atoms with Crippen molar-refractivity contribution in [1.82, 2.24) is 19.8 Å². The molecule has 2 fully saturated rings. The summed E-state index contributed by atoms with van der Waals surface area (Å²) in [4.78, 5) is 13.9. The van der Waals surface area contributed by atoms with E-state index in [2.05, 4.69) is 85.3 Å². The molecule has 2 saturated heterocycles. The molecule has 5 nitrogen and oxygen atoms in total. The van der Waals surface area contributed by atoms with Gasteiger partial charge in [0.1, 0.15) is 5.82 Å². The molecule has 4 aromatic carbocycles. The average Bonchev–Trinajstić information content (AvgIpc) is 3.76. The third-order valence-corrected chi connectivity index (χ3v) is 9.79. The maximum absolute atomic E-state index is 13.0. The van der Waals surface area contributed by atoms with Crippen molar-refractivity contribution in [3.05, 3.63) is 137 Å². The van der Waals surface area contributed by atoms with Crippen molar-refractivity contribution < 1.29 is 4.39 Å². The fourth-order valence-electron chi connectivity index (χ4n) is 6.89. The highest BCUT2D eigenvalue weighted by Crippen LogP contribution is 2.30. The molecule has 236 valence electrons. The molecule has 2 aliphatic rings.